The molecule has 0 aliphatic rings. The van der Waals surface area contributed by atoms with Crippen LogP contribution in [0.4, 0.5) is 0 Å². The first-order valence-corrected chi connectivity index (χ1v) is 12.4. The van der Waals surface area contributed by atoms with Gasteiger partial charge in [0.1, 0.15) is 12.5 Å². The number of amides is 2. The molecule has 0 fully saturated rings. The Kier molecular flexibility index (Phi) is 6.15. The summed E-state index contributed by atoms with van der Waals surface area (Å²) in [5, 5.41) is 9.49. The van der Waals surface area contributed by atoms with Gasteiger partial charge in [-0.3, -0.25) is 9.59 Å². The van der Waals surface area contributed by atoms with E-state index in [4.69, 9.17) is 8.83 Å². The Hall–Kier alpha value is -3.54. The fourth-order valence-corrected chi connectivity index (χ4v) is 5.05. The first-order chi connectivity index (χ1) is 16.2. The number of hydrogen-bond donors (Lipinski definition) is 2. The summed E-state index contributed by atoms with van der Waals surface area (Å²) in [5.74, 6) is 0.492. The molecule has 0 spiro atoms. The van der Waals surface area contributed by atoms with Crippen molar-refractivity contribution in [3.05, 3.63) is 80.8 Å². The third-order valence-corrected chi connectivity index (χ3v) is 7.28. The molecule has 0 radical (unpaired) electrons. The quantitative estimate of drug-likeness (QED) is 0.311. The second-order valence-electron chi connectivity index (χ2n) is 6.77. The third kappa shape index (κ3) is 4.95. The number of aromatic nitrogens is 2. The van der Waals surface area contributed by atoms with Crippen LogP contribution >= 0.6 is 34.0 Å². The molecule has 0 saturated heterocycles. The Balaban J connectivity index is 1.13. The maximum Gasteiger partial charge on any atom is 0.261 e. The maximum absolute atomic E-state index is 12.5. The molecule has 0 aliphatic heterocycles. The topological polar surface area (TPSA) is 110 Å². The van der Waals surface area contributed by atoms with Gasteiger partial charge in [-0.2, -0.15) is 0 Å². The van der Waals surface area contributed by atoms with E-state index >= 15 is 0 Å². The van der Waals surface area contributed by atoms with Gasteiger partial charge in [0.25, 0.3) is 11.8 Å². The molecular weight excluding hydrogens is 480 g/mol. The van der Waals surface area contributed by atoms with Crippen molar-refractivity contribution >= 4 is 45.8 Å². The van der Waals surface area contributed by atoms with Crippen molar-refractivity contribution in [3.63, 3.8) is 0 Å². The Morgan fingerprint density at radius 2 is 1.24 bits per heavy atom. The maximum atomic E-state index is 12.5. The normalized spacial score (nSPS) is 10.9. The van der Waals surface area contributed by atoms with E-state index in [1.54, 1.807) is 12.1 Å². The van der Waals surface area contributed by atoms with E-state index in [0.717, 1.165) is 21.1 Å². The predicted molar refractivity (Wildman–Crippen MR) is 126 cm³/mol. The Morgan fingerprint density at radius 3 is 1.67 bits per heavy atom. The molecule has 0 aromatic carbocycles. The largest absolute Gasteiger partial charge is 0.443 e. The van der Waals surface area contributed by atoms with Gasteiger partial charge in [0, 0.05) is 0 Å². The molecule has 0 bridgehead atoms. The summed E-state index contributed by atoms with van der Waals surface area (Å²) in [6, 6.07) is 10.9. The SMILES string of the molecule is O=C(NCc1coc(-c2cccs2)n1)c1ccc(C(=O)NCc2coc(-c3cccs3)n2)s1. The van der Waals surface area contributed by atoms with Crippen molar-refractivity contribution in [1.82, 2.24) is 20.6 Å². The number of rotatable bonds is 8. The smallest absolute Gasteiger partial charge is 0.261 e. The molecule has 0 aliphatic carbocycles. The van der Waals surface area contributed by atoms with Crippen LogP contribution in [0.5, 0.6) is 0 Å². The fraction of sp³-hybridized carbons (Fsp3) is 0.0909. The average Bonchev–Trinajstić information content (AvgIpc) is 3.64. The summed E-state index contributed by atoms with van der Waals surface area (Å²) in [5.41, 5.74) is 1.24. The van der Waals surface area contributed by atoms with Gasteiger partial charge in [-0.05, 0) is 35.0 Å². The van der Waals surface area contributed by atoms with Crippen molar-refractivity contribution in [2.75, 3.05) is 0 Å². The van der Waals surface area contributed by atoms with Gasteiger partial charge in [-0.1, -0.05) is 12.1 Å². The molecule has 166 valence electrons. The summed E-state index contributed by atoms with van der Waals surface area (Å²) < 4.78 is 10.9. The summed E-state index contributed by atoms with van der Waals surface area (Å²) in [6.07, 6.45) is 3.05. The minimum Gasteiger partial charge on any atom is -0.443 e. The molecule has 2 N–H and O–H groups in total. The molecule has 5 rings (SSSR count). The standard InChI is InChI=1S/C22H16N4O4S3/c27-19(23-9-13-11-29-21(25-13)17-3-1-7-31-17)15-5-6-16(33-15)20(28)24-10-14-12-30-22(26-14)18-4-2-8-32-18/h1-8,11-12H,9-10H2,(H,23,27)(H,24,28). The fourth-order valence-electron chi connectivity index (χ4n) is 2.90. The van der Waals surface area contributed by atoms with Gasteiger partial charge >= 0.3 is 0 Å². The highest BCUT2D eigenvalue weighted by atomic mass is 32.1. The molecule has 11 heteroatoms. The molecule has 5 aromatic heterocycles. The lowest BCUT2D eigenvalue weighted by Crippen LogP contribution is -2.22. The van der Waals surface area contributed by atoms with Crippen LogP contribution in [0.15, 0.2) is 68.5 Å². The first kappa shape index (κ1) is 21.3. The monoisotopic (exact) mass is 496 g/mol. The number of carbonyl (C=O) groups is 2. The summed E-state index contributed by atoms with van der Waals surface area (Å²) in [6.45, 7) is 0.456. The van der Waals surface area contributed by atoms with Crippen molar-refractivity contribution in [3.8, 4) is 21.5 Å². The van der Waals surface area contributed by atoms with E-state index in [1.165, 1.54) is 35.2 Å². The van der Waals surface area contributed by atoms with E-state index in [2.05, 4.69) is 20.6 Å². The predicted octanol–water partition coefficient (Wildman–Crippen LogP) is 5.04. The Morgan fingerprint density at radius 1 is 0.758 bits per heavy atom. The Labute approximate surface area is 199 Å². The van der Waals surface area contributed by atoms with Crippen LogP contribution < -0.4 is 10.6 Å². The molecule has 8 nitrogen and oxygen atoms in total. The zero-order valence-electron chi connectivity index (χ0n) is 16.9. The van der Waals surface area contributed by atoms with Gasteiger partial charge in [0.15, 0.2) is 0 Å². The van der Waals surface area contributed by atoms with Crippen LogP contribution in [0.1, 0.15) is 30.7 Å². The number of hydrogen-bond acceptors (Lipinski definition) is 9. The molecule has 0 unspecified atom stereocenters. The number of carbonyl (C=O) groups excluding carboxylic acids is 2. The highest BCUT2D eigenvalue weighted by Crippen LogP contribution is 2.25. The van der Waals surface area contributed by atoms with Crippen LogP contribution in [0.3, 0.4) is 0 Å². The highest BCUT2D eigenvalue weighted by Gasteiger charge is 2.16. The third-order valence-electron chi connectivity index (χ3n) is 4.48. The van der Waals surface area contributed by atoms with E-state index in [9.17, 15) is 9.59 Å². The highest BCUT2D eigenvalue weighted by molar-refractivity contribution is 7.16. The van der Waals surface area contributed by atoms with Gasteiger partial charge in [0.05, 0.1) is 44.0 Å². The molecule has 5 heterocycles. The van der Waals surface area contributed by atoms with Crippen molar-refractivity contribution in [2.24, 2.45) is 0 Å². The van der Waals surface area contributed by atoms with Crippen LogP contribution in [0, 0.1) is 0 Å². The minimum absolute atomic E-state index is 0.228. The van der Waals surface area contributed by atoms with Gasteiger partial charge in [-0.15, -0.1) is 34.0 Å². The van der Waals surface area contributed by atoms with Gasteiger partial charge in [0.2, 0.25) is 11.8 Å². The van der Waals surface area contributed by atoms with Crippen molar-refractivity contribution < 1.29 is 18.4 Å². The minimum atomic E-state index is -0.281. The van der Waals surface area contributed by atoms with Crippen molar-refractivity contribution in [1.29, 1.82) is 0 Å². The molecule has 2 amide bonds. The van der Waals surface area contributed by atoms with E-state index < -0.39 is 0 Å². The molecule has 5 aromatic rings. The van der Waals surface area contributed by atoms with E-state index in [1.807, 2.05) is 35.0 Å². The lowest BCUT2D eigenvalue weighted by Gasteiger charge is -2.01. The lowest BCUT2D eigenvalue weighted by atomic mass is 10.3. The van der Waals surface area contributed by atoms with Gasteiger partial charge in [-0.25, -0.2) is 9.97 Å². The lowest BCUT2D eigenvalue weighted by molar-refractivity contribution is 0.0948. The van der Waals surface area contributed by atoms with Gasteiger partial charge < -0.3 is 19.5 Å². The number of nitrogens with zero attached hydrogens (tertiary/aromatic N) is 2. The van der Waals surface area contributed by atoms with Crippen LogP contribution in [0.25, 0.3) is 21.5 Å². The summed E-state index contributed by atoms with van der Waals surface area (Å²) in [4.78, 5) is 36.4. The second-order valence-corrected chi connectivity index (χ2v) is 9.75. The Bertz CT molecular complexity index is 1260. The summed E-state index contributed by atoms with van der Waals surface area (Å²) in [7, 11) is 0. The van der Waals surface area contributed by atoms with Crippen molar-refractivity contribution in [2.45, 2.75) is 13.1 Å². The van der Waals surface area contributed by atoms with E-state index in [-0.39, 0.29) is 24.9 Å². The average molecular weight is 497 g/mol. The molecular formula is C22H16N4O4S3. The van der Waals surface area contributed by atoms with E-state index in [0.29, 0.717) is 32.9 Å². The zero-order chi connectivity index (χ0) is 22.6. The zero-order valence-corrected chi connectivity index (χ0v) is 19.4. The van der Waals surface area contributed by atoms with Crippen LogP contribution in [-0.2, 0) is 13.1 Å². The second kappa shape index (κ2) is 9.53. The summed E-state index contributed by atoms with van der Waals surface area (Å²) >= 11 is 4.18. The molecule has 33 heavy (non-hydrogen) atoms. The van der Waals surface area contributed by atoms with Crippen LogP contribution in [-0.4, -0.2) is 21.8 Å². The molecule has 0 atom stereocenters. The van der Waals surface area contributed by atoms with Crippen LogP contribution in [0.2, 0.25) is 0 Å². The first-order valence-electron chi connectivity index (χ1n) is 9.78. The molecule has 0 saturated carbocycles. The number of oxazole rings is 2. The number of thiophene rings is 3. The number of nitrogens with one attached hydrogen (secondary N) is 2.